The summed E-state index contributed by atoms with van der Waals surface area (Å²) in [6.45, 7) is -3.63. The lowest BCUT2D eigenvalue weighted by Crippen LogP contribution is -2.06. The monoisotopic (exact) mass is 440 g/mol. The van der Waals surface area contributed by atoms with Crippen molar-refractivity contribution in [1.82, 2.24) is 9.78 Å². The number of ether oxygens (including phenoxy) is 3. The molecule has 1 aromatic carbocycles. The molecule has 0 atom stereocenters. The molecule has 152 valence electrons. The van der Waals surface area contributed by atoms with Crippen molar-refractivity contribution in [3.8, 4) is 22.9 Å². The third-order valence-electron chi connectivity index (χ3n) is 3.28. The van der Waals surface area contributed by atoms with E-state index in [1.54, 1.807) is 0 Å². The van der Waals surface area contributed by atoms with Crippen LogP contribution in [0.1, 0.15) is 0 Å². The molecule has 0 bridgehead atoms. The number of aliphatic hydroxyl groups excluding tert-OH is 1. The van der Waals surface area contributed by atoms with Crippen molar-refractivity contribution in [3.05, 3.63) is 39.8 Å². The molecule has 0 saturated heterocycles. The number of nitrogens with zero attached hydrogens (tertiary/aromatic N) is 2. The summed E-state index contributed by atoms with van der Waals surface area (Å²) in [6.07, 6.45) is 0.780. The van der Waals surface area contributed by atoms with Gasteiger partial charge in [0.2, 0.25) is 5.88 Å². The molecule has 0 fully saturated rings. The maximum absolute atomic E-state index is 14.4. The van der Waals surface area contributed by atoms with Crippen LogP contribution in [-0.2, 0) is 16.6 Å². The van der Waals surface area contributed by atoms with Crippen LogP contribution in [0.2, 0.25) is 10.0 Å². The molecule has 0 aliphatic carbocycles. The topological polar surface area (TPSA) is 82.8 Å². The summed E-state index contributed by atoms with van der Waals surface area (Å²) in [5, 5.41) is 13.0. The molecule has 28 heavy (non-hydrogen) atoms. The minimum absolute atomic E-state index is 0.0825. The van der Waals surface area contributed by atoms with Gasteiger partial charge >= 0.3 is 12.6 Å². The van der Waals surface area contributed by atoms with Gasteiger partial charge in [-0.1, -0.05) is 23.2 Å². The lowest BCUT2D eigenvalue weighted by atomic mass is 10.1. The normalized spacial score (nSPS) is 11.6. The van der Waals surface area contributed by atoms with Crippen molar-refractivity contribution in [2.24, 2.45) is 7.05 Å². The Morgan fingerprint density at radius 2 is 2.07 bits per heavy atom. The predicted molar refractivity (Wildman–Crippen MR) is 93.5 cm³/mol. The summed E-state index contributed by atoms with van der Waals surface area (Å²) < 4.78 is 54.1. The lowest BCUT2D eigenvalue weighted by molar-refractivity contribution is -0.135. The van der Waals surface area contributed by atoms with Crippen molar-refractivity contribution < 1.29 is 37.3 Å². The van der Waals surface area contributed by atoms with Gasteiger partial charge in [-0.25, -0.2) is 13.9 Å². The molecule has 1 heterocycles. The second-order valence-corrected chi connectivity index (χ2v) is 5.97. The number of aliphatic hydroxyl groups is 1. The highest BCUT2D eigenvalue weighted by molar-refractivity contribution is 6.34. The molecule has 0 aliphatic rings. The fourth-order valence-electron chi connectivity index (χ4n) is 2.08. The molecule has 0 saturated carbocycles. The molecule has 0 unspecified atom stereocenters. The molecule has 2 aromatic rings. The highest BCUT2D eigenvalue weighted by Gasteiger charge is 2.23. The maximum atomic E-state index is 14.4. The smallest absolute Gasteiger partial charge is 0.388 e. The summed E-state index contributed by atoms with van der Waals surface area (Å²) in [5.41, 5.74) is -0.395. The van der Waals surface area contributed by atoms with Crippen molar-refractivity contribution in [2.75, 3.05) is 13.7 Å². The molecular formula is C16H13Cl2F3N2O5. The minimum atomic E-state index is -3.15. The summed E-state index contributed by atoms with van der Waals surface area (Å²) >= 11 is 11.9. The molecule has 7 nitrogen and oxygen atoms in total. The van der Waals surface area contributed by atoms with E-state index in [2.05, 4.69) is 14.6 Å². The summed E-state index contributed by atoms with van der Waals surface area (Å²) in [7, 11) is 2.41. The van der Waals surface area contributed by atoms with E-state index in [1.807, 2.05) is 0 Å². The summed E-state index contributed by atoms with van der Waals surface area (Å²) in [4.78, 5) is 11.1. The Kier molecular flexibility index (Phi) is 7.03. The highest BCUT2D eigenvalue weighted by Crippen LogP contribution is 2.39. The van der Waals surface area contributed by atoms with Gasteiger partial charge in [0, 0.05) is 12.6 Å². The van der Waals surface area contributed by atoms with Crippen LogP contribution in [0.5, 0.6) is 11.6 Å². The molecular weight excluding hydrogens is 428 g/mol. The number of hydrogen-bond acceptors (Lipinski definition) is 6. The Labute approximate surface area is 166 Å². The lowest BCUT2D eigenvalue weighted by Gasteiger charge is -2.10. The van der Waals surface area contributed by atoms with Crippen LogP contribution < -0.4 is 9.47 Å². The van der Waals surface area contributed by atoms with Gasteiger partial charge in [-0.05, 0) is 12.1 Å². The third kappa shape index (κ3) is 5.02. The molecule has 12 heteroatoms. The Hall–Kier alpha value is -2.59. The van der Waals surface area contributed by atoms with Crippen LogP contribution in [-0.4, -0.2) is 41.2 Å². The predicted octanol–water partition coefficient (Wildman–Crippen LogP) is 4.13. The number of alkyl halides is 2. The molecule has 2 rings (SSSR count). The molecule has 0 spiro atoms. The van der Waals surface area contributed by atoms with E-state index in [9.17, 15) is 23.1 Å². The first-order valence-corrected chi connectivity index (χ1v) is 8.16. The number of hydrogen-bond donors (Lipinski definition) is 1. The Balaban J connectivity index is 2.36. The minimum Gasteiger partial charge on any atom is -0.508 e. The number of methoxy groups -OCH3 is 1. The van der Waals surface area contributed by atoms with Crippen LogP contribution in [0.4, 0.5) is 13.2 Å². The van der Waals surface area contributed by atoms with E-state index in [1.165, 1.54) is 7.05 Å². The Morgan fingerprint density at radius 3 is 2.68 bits per heavy atom. The van der Waals surface area contributed by atoms with Crippen LogP contribution in [0.25, 0.3) is 11.3 Å². The van der Waals surface area contributed by atoms with E-state index in [4.69, 9.17) is 27.9 Å². The number of esters is 1. The van der Waals surface area contributed by atoms with E-state index in [-0.39, 0.29) is 27.1 Å². The van der Waals surface area contributed by atoms with E-state index in [0.717, 1.165) is 30.0 Å². The first kappa shape index (κ1) is 21.7. The SMILES string of the molecule is COC(=O)/C=C(\O)COc1cc(-c2nn(C)c(OC(F)F)c2Cl)c(F)cc1Cl. The van der Waals surface area contributed by atoms with Crippen molar-refractivity contribution >= 4 is 29.2 Å². The third-order valence-corrected chi connectivity index (χ3v) is 3.91. The van der Waals surface area contributed by atoms with Crippen LogP contribution in [0.15, 0.2) is 24.0 Å². The van der Waals surface area contributed by atoms with Crippen molar-refractivity contribution in [1.29, 1.82) is 0 Å². The fourth-order valence-corrected chi connectivity index (χ4v) is 2.59. The van der Waals surface area contributed by atoms with Crippen LogP contribution >= 0.6 is 23.2 Å². The van der Waals surface area contributed by atoms with Gasteiger partial charge < -0.3 is 19.3 Å². The fraction of sp³-hybridized carbons (Fsp3) is 0.250. The standard InChI is InChI=1S/C16H13Cl2F3N2O5/c1-23-15(28-16(20)21)13(18)14(22-23)8-4-11(9(17)5-10(8)19)27-6-7(24)3-12(25)26-2/h3-5,16,24H,6H2,1-2H3/b7-3-. The number of carbonyl (C=O) groups is 1. The number of benzene rings is 1. The Morgan fingerprint density at radius 1 is 1.39 bits per heavy atom. The van der Waals surface area contributed by atoms with Gasteiger partial charge in [0.1, 0.15) is 34.6 Å². The summed E-state index contributed by atoms with van der Waals surface area (Å²) in [6, 6.07) is 2.01. The molecule has 0 radical (unpaired) electrons. The van der Waals surface area contributed by atoms with E-state index in [0.29, 0.717) is 0 Å². The number of aryl methyl sites for hydroxylation is 1. The largest absolute Gasteiger partial charge is 0.508 e. The Bertz CT molecular complexity index is 918. The molecule has 1 aromatic heterocycles. The molecule has 0 aliphatic heterocycles. The van der Waals surface area contributed by atoms with Crippen molar-refractivity contribution in [3.63, 3.8) is 0 Å². The van der Waals surface area contributed by atoms with Gasteiger partial charge in [-0.15, -0.1) is 0 Å². The average molecular weight is 441 g/mol. The second-order valence-electron chi connectivity index (χ2n) is 5.18. The number of carbonyl (C=O) groups excluding carboxylic acids is 1. The quantitative estimate of drug-likeness (QED) is 0.396. The zero-order valence-electron chi connectivity index (χ0n) is 14.4. The first-order chi connectivity index (χ1) is 13.1. The van der Waals surface area contributed by atoms with Crippen LogP contribution in [0.3, 0.4) is 0 Å². The van der Waals surface area contributed by atoms with Gasteiger partial charge in [0.15, 0.2) is 0 Å². The average Bonchev–Trinajstić information content (AvgIpc) is 2.88. The summed E-state index contributed by atoms with van der Waals surface area (Å²) in [5.74, 6) is -2.67. The van der Waals surface area contributed by atoms with Gasteiger partial charge in [0.05, 0.1) is 18.2 Å². The molecule has 0 amide bonds. The van der Waals surface area contributed by atoms with Gasteiger partial charge in [0.25, 0.3) is 0 Å². The highest BCUT2D eigenvalue weighted by atomic mass is 35.5. The van der Waals surface area contributed by atoms with Crippen molar-refractivity contribution in [2.45, 2.75) is 6.61 Å². The number of aromatic nitrogens is 2. The number of rotatable bonds is 7. The van der Waals surface area contributed by atoms with E-state index >= 15 is 0 Å². The van der Waals surface area contributed by atoms with Crippen LogP contribution in [0, 0.1) is 5.82 Å². The van der Waals surface area contributed by atoms with Gasteiger partial charge in [-0.2, -0.15) is 13.9 Å². The zero-order chi connectivity index (χ0) is 21.0. The molecule has 1 N–H and O–H groups in total. The van der Waals surface area contributed by atoms with Gasteiger partial charge in [-0.3, -0.25) is 0 Å². The second kappa shape index (κ2) is 9.07. The zero-order valence-corrected chi connectivity index (χ0v) is 15.9. The van der Waals surface area contributed by atoms with E-state index < -0.39 is 36.6 Å². The maximum Gasteiger partial charge on any atom is 0.388 e. The first-order valence-electron chi connectivity index (χ1n) is 7.41. The number of halogens is 5.